The molecule has 2 aliphatic rings. The van der Waals surface area contributed by atoms with Crippen LogP contribution in [0.1, 0.15) is 67.9 Å². The Balaban J connectivity index is 1.40. The zero-order valence-corrected chi connectivity index (χ0v) is 25.8. The summed E-state index contributed by atoms with van der Waals surface area (Å²) in [6.07, 6.45) is 9.33. The SMILES string of the molecule is COc1ccc2c(c1)C(CC(=O)NCc1ccco1)=C(C)/C2=C/c1cc(OC)c(OCC(=O)NC2CCCCC2)c(OC)c1. The van der Waals surface area contributed by atoms with Crippen molar-refractivity contribution in [2.24, 2.45) is 0 Å². The number of ether oxygens (including phenoxy) is 4. The number of allylic oxidation sites excluding steroid dienone is 2. The maximum absolute atomic E-state index is 13.0. The average molecular weight is 601 g/mol. The number of rotatable bonds is 12. The van der Waals surface area contributed by atoms with E-state index in [-0.39, 0.29) is 30.9 Å². The number of nitrogens with one attached hydrogen (secondary N) is 2. The highest BCUT2D eigenvalue weighted by atomic mass is 16.5. The lowest BCUT2D eigenvalue weighted by atomic mass is 9.95. The number of carbonyl (C=O) groups excluding carboxylic acids is 2. The van der Waals surface area contributed by atoms with Crippen LogP contribution in [0, 0.1) is 0 Å². The zero-order chi connectivity index (χ0) is 31.1. The van der Waals surface area contributed by atoms with Gasteiger partial charge in [-0.3, -0.25) is 9.59 Å². The molecular weight excluding hydrogens is 560 g/mol. The van der Waals surface area contributed by atoms with E-state index in [1.54, 1.807) is 33.7 Å². The highest BCUT2D eigenvalue weighted by Crippen LogP contribution is 2.46. The first-order chi connectivity index (χ1) is 21.4. The van der Waals surface area contributed by atoms with Crippen LogP contribution in [0.3, 0.4) is 0 Å². The fourth-order valence-corrected chi connectivity index (χ4v) is 5.88. The van der Waals surface area contributed by atoms with Gasteiger partial charge in [0.2, 0.25) is 11.7 Å². The smallest absolute Gasteiger partial charge is 0.258 e. The van der Waals surface area contributed by atoms with Gasteiger partial charge in [-0.15, -0.1) is 0 Å². The van der Waals surface area contributed by atoms with Gasteiger partial charge >= 0.3 is 0 Å². The lowest BCUT2D eigenvalue weighted by Crippen LogP contribution is -2.39. The number of carbonyl (C=O) groups is 2. The van der Waals surface area contributed by atoms with Crippen LogP contribution < -0.4 is 29.6 Å². The summed E-state index contributed by atoms with van der Waals surface area (Å²) in [5.41, 5.74) is 5.64. The summed E-state index contributed by atoms with van der Waals surface area (Å²) < 4.78 is 28.1. The lowest BCUT2D eigenvalue weighted by molar-refractivity contribution is -0.124. The first kappa shape index (κ1) is 30.8. The van der Waals surface area contributed by atoms with Crippen LogP contribution in [0.15, 0.2) is 58.7 Å². The van der Waals surface area contributed by atoms with Gasteiger partial charge in [-0.2, -0.15) is 0 Å². The molecule has 1 saturated carbocycles. The largest absolute Gasteiger partial charge is 0.497 e. The second-order valence-electron chi connectivity index (χ2n) is 11.1. The van der Waals surface area contributed by atoms with E-state index in [9.17, 15) is 9.59 Å². The molecule has 0 aliphatic heterocycles. The molecule has 1 fully saturated rings. The molecule has 0 atom stereocenters. The van der Waals surface area contributed by atoms with Crippen molar-refractivity contribution in [3.63, 3.8) is 0 Å². The van der Waals surface area contributed by atoms with Gasteiger partial charge in [-0.25, -0.2) is 0 Å². The van der Waals surface area contributed by atoms with Crippen LogP contribution in [0.2, 0.25) is 0 Å². The fourth-order valence-electron chi connectivity index (χ4n) is 5.88. The third kappa shape index (κ3) is 7.10. The van der Waals surface area contributed by atoms with Gasteiger partial charge in [0.05, 0.1) is 40.6 Å². The quantitative estimate of drug-likeness (QED) is 0.256. The molecule has 3 aromatic rings. The van der Waals surface area contributed by atoms with Crippen molar-refractivity contribution in [1.82, 2.24) is 10.6 Å². The standard InChI is InChI=1S/C35H40N2O7/c1-22-28(27-13-12-25(40-2)18-30(27)29(22)19-33(38)36-20-26-11-8-14-43-26)15-23-16-31(41-3)35(32(17-23)42-4)44-21-34(39)37-24-9-6-5-7-10-24/h8,11-18,24H,5-7,9-10,19-21H2,1-4H3,(H,36,38)(H,37,39)/b28-15-. The van der Waals surface area contributed by atoms with Crippen molar-refractivity contribution in [3.8, 4) is 23.0 Å². The molecule has 2 N–H and O–H groups in total. The normalized spacial score (nSPS) is 15.6. The summed E-state index contributed by atoms with van der Waals surface area (Å²) in [5.74, 6) is 2.41. The average Bonchev–Trinajstić information content (AvgIpc) is 3.65. The molecule has 9 heteroatoms. The predicted molar refractivity (Wildman–Crippen MR) is 169 cm³/mol. The van der Waals surface area contributed by atoms with E-state index in [0.29, 0.717) is 35.3 Å². The third-order valence-corrected chi connectivity index (χ3v) is 8.19. The molecule has 0 radical (unpaired) electrons. The van der Waals surface area contributed by atoms with E-state index >= 15 is 0 Å². The molecule has 0 saturated heterocycles. The Labute approximate surface area is 258 Å². The Hall–Kier alpha value is -4.66. The lowest BCUT2D eigenvalue weighted by Gasteiger charge is -2.23. The van der Waals surface area contributed by atoms with Crippen molar-refractivity contribution in [1.29, 1.82) is 0 Å². The molecule has 1 heterocycles. The molecule has 44 heavy (non-hydrogen) atoms. The molecule has 2 aliphatic carbocycles. The Morgan fingerprint density at radius 3 is 2.34 bits per heavy atom. The van der Waals surface area contributed by atoms with Gasteiger partial charge in [0.15, 0.2) is 18.1 Å². The Morgan fingerprint density at radius 2 is 1.68 bits per heavy atom. The number of hydrogen-bond acceptors (Lipinski definition) is 7. The Kier molecular flexibility index (Phi) is 9.94. The van der Waals surface area contributed by atoms with Crippen molar-refractivity contribution in [2.45, 2.75) is 58.0 Å². The third-order valence-electron chi connectivity index (χ3n) is 8.19. The fraction of sp³-hybridized carbons (Fsp3) is 0.371. The van der Waals surface area contributed by atoms with Gasteiger partial charge in [-0.05, 0) is 95.6 Å². The van der Waals surface area contributed by atoms with Crippen molar-refractivity contribution in [3.05, 3.63) is 76.8 Å². The number of furan rings is 1. The second kappa shape index (κ2) is 14.2. The minimum atomic E-state index is -0.160. The van der Waals surface area contributed by atoms with Crippen molar-refractivity contribution in [2.75, 3.05) is 27.9 Å². The van der Waals surface area contributed by atoms with Gasteiger partial charge in [-0.1, -0.05) is 25.3 Å². The number of hydrogen-bond donors (Lipinski definition) is 2. The number of amides is 2. The summed E-state index contributed by atoms with van der Waals surface area (Å²) in [5, 5.41) is 6.02. The molecule has 0 spiro atoms. The van der Waals surface area contributed by atoms with E-state index in [2.05, 4.69) is 10.6 Å². The minimum Gasteiger partial charge on any atom is -0.497 e. The molecule has 1 aromatic heterocycles. The van der Waals surface area contributed by atoms with E-state index in [1.165, 1.54) is 6.42 Å². The summed E-state index contributed by atoms with van der Waals surface area (Å²) in [6, 6.07) is 13.4. The van der Waals surface area contributed by atoms with Crippen molar-refractivity contribution >= 4 is 29.0 Å². The predicted octanol–water partition coefficient (Wildman–Crippen LogP) is 6.17. The summed E-state index contributed by atoms with van der Waals surface area (Å²) in [6.45, 7) is 2.21. The Morgan fingerprint density at radius 1 is 0.932 bits per heavy atom. The molecule has 9 nitrogen and oxygen atoms in total. The van der Waals surface area contributed by atoms with Crippen LogP contribution in [-0.2, 0) is 16.1 Å². The summed E-state index contributed by atoms with van der Waals surface area (Å²) in [4.78, 5) is 25.6. The molecule has 0 unspecified atom stereocenters. The number of benzene rings is 2. The highest BCUT2D eigenvalue weighted by Gasteiger charge is 2.27. The van der Waals surface area contributed by atoms with E-state index in [0.717, 1.165) is 59.1 Å². The Bertz CT molecular complexity index is 1520. The van der Waals surface area contributed by atoms with Crippen LogP contribution in [0.25, 0.3) is 17.2 Å². The first-order valence-corrected chi connectivity index (χ1v) is 15.0. The second-order valence-corrected chi connectivity index (χ2v) is 11.1. The highest BCUT2D eigenvalue weighted by molar-refractivity contribution is 6.08. The van der Waals surface area contributed by atoms with Gasteiger partial charge in [0, 0.05) is 6.04 Å². The van der Waals surface area contributed by atoms with Crippen LogP contribution >= 0.6 is 0 Å². The maximum Gasteiger partial charge on any atom is 0.258 e. The van der Waals surface area contributed by atoms with Crippen molar-refractivity contribution < 1.29 is 33.0 Å². The molecule has 2 aromatic carbocycles. The van der Waals surface area contributed by atoms with Crippen LogP contribution in [0.5, 0.6) is 23.0 Å². The summed E-state index contributed by atoms with van der Waals surface area (Å²) >= 11 is 0. The molecule has 5 rings (SSSR count). The van der Waals surface area contributed by atoms with Crippen LogP contribution in [0.4, 0.5) is 0 Å². The molecule has 2 amide bonds. The number of fused-ring (bicyclic) bond motifs is 1. The van der Waals surface area contributed by atoms with E-state index < -0.39 is 0 Å². The molecule has 0 bridgehead atoms. The van der Waals surface area contributed by atoms with Gasteiger partial charge in [0.25, 0.3) is 5.91 Å². The van der Waals surface area contributed by atoms with Gasteiger partial charge in [0.1, 0.15) is 11.5 Å². The van der Waals surface area contributed by atoms with Gasteiger partial charge < -0.3 is 34.0 Å². The number of methoxy groups -OCH3 is 3. The molecule has 232 valence electrons. The zero-order valence-electron chi connectivity index (χ0n) is 25.8. The van der Waals surface area contributed by atoms with Crippen LogP contribution in [-0.4, -0.2) is 45.8 Å². The summed E-state index contributed by atoms with van der Waals surface area (Å²) in [7, 11) is 4.74. The minimum absolute atomic E-state index is 0.108. The first-order valence-electron chi connectivity index (χ1n) is 15.0. The van der Waals surface area contributed by atoms with E-state index in [1.807, 2.05) is 49.4 Å². The topological polar surface area (TPSA) is 108 Å². The monoisotopic (exact) mass is 600 g/mol. The molecular formula is C35H40N2O7. The van der Waals surface area contributed by atoms with E-state index in [4.69, 9.17) is 23.4 Å². The maximum atomic E-state index is 13.0.